The fourth-order valence-electron chi connectivity index (χ4n) is 2.46. The highest BCUT2D eigenvalue weighted by Crippen LogP contribution is 2.13. The molecule has 2 N–H and O–H groups in total. The van der Waals surface area contributed by atoms with Gasteiger partial charge in [0.2, 0.25) is 5.43 Å². The minimum absolute atomic E-state index is 0.251. The Hall–Kier alpha value is -3.19. The van der Waals surface area contributed by atoms with Crippen molar-refractivity contribution >= 4 is 5.91 Å². The lowest BCUT2D eigenvalue weighted by molar-refractivity contribution is 0.0899. The molecule has 0 aliphatic carbocycles. The minimum Gasteiger partial charge on any atom is -0.467 e. The fourth-order valence-corrected chi connectivity index (χ4v) is 2.46. The van der Waals surface area contributed by atoms with Gasteiger partial charge in [0.15, 0.2) is 5.69 Å². The van der Waals surface area contributed by atoms with E-state index in [0.717, 1.165) is 5.69 Å². The van der Waals surface area contributed by atoms with Gasteiger partial charge in [-0.1, -0.05) is 18.2 Å². The van der Waals surface area contributed by atoms with E-state index in [9.17, 15) is 14.7 Å². The first-order valence-electron chi connectivity index (χ1n) is 7.71. The van der Waals surface area contributed by atoms with Crippen LogP contribution in [-0.4, -0.2) is 27.4 Å². The van der Waals surface area contributed by atoms with Crippen molar-refractivity contribution in [2.75, 3.05) is 6.61 Å². The van der Waals surface area contributed by atoms with Crippen LogP contribution in [0.4, 0.5) is 0 Å². The average Bonchev–Trinajstić information content (AvgIpc) is 3.14. The molecule has 0 fully saturated rings. The molecule has 0 aliphatic heterocycles. The third kappa shape index (κ3) is 3.51. The Morgan fingerprint density at radius 2 is 2.04 bits per heavy atom. The Kier molecular flexibility index (Phi) is 4.76. The smallest absolute Gasteiger partial charge is 0.276 e. The molecule has 0 aliphatic rings. The summed E-state index contributed by atoms with van der Waals surface area (Å²) >= 11 is 0. The van der Waals surface area contributed by atoms with Crippen molar-refractivity contribution in [1.82, 2.24) is 15.1 Å². The zero-order valence-corrected chi connectivity index (χ0v) is 13.5. The summed E-state index contributed by atoms with van der Waals surface area (Å²) in [6, 6.07) is 13.1. The number of nitrogens with one attached hydrogen (secondary N) is 1. The predicted octanol–water partition coefficient (Wildman–Crippen LogP) is 1.60. The summed E-state index contributed by atoms with van der Waals surface area (Å²) in [5.41, 5.74) is 0.606. The molecule has 25 heavy (non-hydrogen) atoms. The topological polar surface area (TPSA) is 97.4 Å². The molecule has 1 unspecified atom stereocenters. The molecule has 0 spiro atoms. The first-order valence-corrected chi connectivity index (χ1v) is 7.71. The van der Waals surface area contributed by atoms with Crippen molar-refractivity contribution in [3.05, 3.63) is 82.2 Å². The molecule has 3 rings (SSSR count). The van der Waals surface area contributed by atoms with E-state index >= 15 is 0 Å². The quantitative estimate of drug-likeness (QED) is 0.736. The predicted molar refractivity (Wildman–Crippen MR) is 90.6 cm³/mol. The SMILES string of the molecule is Cc1cc(=O)c(C(=O)NC(CO)c2ccco2)nn1-c1ccccc1. The second-order valence-electron chi connectivity index (χ2n) is 5.47. The normalized spacial score (nSPS) is 11.9. The lowest BCUT2D eigenvalue weighted by Gasteiger charge is -2.15. The van der Waals surface area contributed by atoms with Crippen molar-refractivity contribution in [1.29, 1.82) is 0 Å². The molecule has 7 nitrogen and oxygen atoms in total. The Labute approximate surface area is 143 Å². The van der Waals surface area contributed by atoms with Crippen LogP contribution in [0.5, 0.6) is 0 Å². The van der Waals surface area contributed by atoms with Gasteiger partial charge in [-0.3, -0.25) is 9.59 Å². The number of benzene rings is 1. The number of carbonyl (C=O) groups excluding carboxylic acids is 1. The molecule has 0 radical (unpaired) electrons. The summed E-state index contributed by atoms with van der Waals surface area (Å²) < 4.78 is 6.71. The highest BCUT2D eigenvalue weighted by molar-refractivity contribution is 5.92. The Morgan fingerprint density at radius 3 is 2.68 bits per heavy atom. The number of aromatic nitrogens is 2. The van der Waals surface area contributed by atoms with E-state index in [1.54, 1.807) is 19.1 Å². The van der Waals surface area contributed by atoms with Gasteiger partial charge in [-0.15, -0.1) is 0 Å². The maximum absolute atomic E-state index is 12.5. The number of hydrogen-bond donors (Lipinski definition) is 2. The average molecular weight is 339 g/mol. The lowest BCUT2D eigenvalue weighted by Crippen LogP contribution is -2.35. The summed E-state index contributed by atoms with van der Waals surface area (Å²) in [6.45, 7) is 1.38. The maximum atomic E-state index is 12.5. The molecule has 7 heteroatoms. The zero-order valence-electron chi connectivity index (χ0n) is 13.5. The molecular weight excluding hydrogens is 322 g/mol. The highest BCUT2D eigenvalue weighted by Gasteiger charge is 2.21. The van der Waals surface area contributed by atoms with Crippen molar-refractivity contribution in [3.8, 4) is 5.69 Å². The molecule has 0 saturated heterocycles. The van der Waals surface area contributed by atoms with Crippen LogP contribution in [0, 0.1) is 6.92 Å². The first-order chi connectivity index (χ1) is 12.1. The standard InChI is InChI=1S/C18H17N3O4/c1-12-10-15(23)17(20-21(12)13-6-3-2-4-7-13)18(24)19-14(11-22)16-8-5-9-25-16/h2-10,14,22H,11H2,1H3,(H,19,24). The number of amides is 1. The molecule has 1 atom stereocenters. The molecule has 1 amide bonds. The molecule has 3 aromatic rings. The number of carbonyl (C=O) groups is 1. The molecule has 0 bridgehead atoms. The summed E-state index contributed by atoms with van der Waals surface area (Å²) in [6.07, 6.45) is 1.44. The van der Waals surface area contributed by atoms with Crippen molar-refractivity contribution in [2.24, 2.45) is 0 Å². The number of hydrogen-bond acceptors (Lipinski definition) is 5. The van der Waals surface area contributed by atoms with Gasteiger partial charge < -0.3 is 14.8 Å². The van der Waals surface area contributed by atoms with Crippen molar-refractivity contribution in [2.45, 2.75) is 13.0 Å². The van der Waals surface area contributed by atoms with E-state index in [0.29, 0.717) is 11.5 Å². The summed E-state index contributed by atoms with van der Waals surface area (Å²) in [7, 11) is 0. The molecule has 2 heterocycles. The van der Waals surface area contributed by atoms with Crippen molar-refractivity contribution in [3.63, 3.8) is 0 Å². The monoisotopic (exact) mass is 339 g/mol. The van der Waals surface area contributed by atoms with Crippen molar-refractivity contribution < 1.29 is 14.3 Å². The van der Waals surface area contributed by atoms with Gasteiger partial charge in [-0.25, -0.2) is 4.68 Å². The summed E-state index contributed by atoms with van der Waals surface area (Å²) in [5.74, 6) is -0.281. The lowest BCUT2D eigenvalue weighted by atomic mass is 10.2. The van der Waals surface area contributed by atoms with Gasteiger partial charge in [0.1, 0.15) is 11.8 Å². The third-order valence-electron chi connectivity index (χ3n) is 3.70. The van der Waals surface area contributed by atoms with Crippen LogP contribution in [0.1, 0.15) is 28.0 Å². The van der Waals surface area contributed by atoms with Gasteiger partial charge in [0.05, 0.1) is 18.6 Å². The van der Waals surface area contributed by atoms with Crippen LogP contribution in [0.15, 0.2) is 64.0 Å². The van der Waals surface area contributed by atoms with Crippen LogP contribution < -0.4 is 10.7 Å². The van der Waals surface area contributed by atoms with Gasteiger partial charge in [-0.05, 0) is 31.2 Å². The van der Waals surface area contributed by atoms with E-state index in [1.807, 2.05) is 30.3 Å². The summed E-state index contributed by atoms with van der Waals surface area (Å²) in [5, 5.41) is 16.2. The van der Waals surface area contributed by atoms with Gasteiger partial charge >= 0.3 is 0 Å². The highest BCUT2D eigenvalue weighted by atomic mass is 16.3. The van der Waals surface area contributed by atoms with Crippen LogP contribution in [0.3, 0.4) is 0 Å². The Bertz CT molecular complexity index is 917. The Morgan fingerprint density at radius 1 is 1.28 bits per heavy atom. The van der Waals surface area contributed by atoms with E-state index in [1.165, 1.54) is 17.0 Å². The van der Waals surface area contributed by atoms with Crippen LogP contribution in [0.25, 0.3) is 5.69 Å². The van der Waals surface area contributed by atoms with E-state index in [2.05, 4.69) is 10.4 Å². The first kappa shape index (κ1) is 16.7. The zero-order chi connectivity index (χ0) is 17.8. The molecular formula is C18H17N3O4. The number of furan rings is 1. The fraction of sp³-hybridized carbons (Fsp3) is 0.167. The molecule has 2 aromatic heterocycles. The number of para-hydroxylation sites is 1. The summed E-state index contributed by atoms with van der Waals surface area (Å²) in [4.78, 5) is 24.7. The van der Waals surface area contributed by atoms with Crippen LogP contribution in [0.2, 0.25) is 0 Å². The molecule has 128 valence electrons. The Balaban J connectivity index is 1.94. The van der Waals surface area contributed by atoms with Gasteiger partial charge in [0.25, 0.3) is 5.91 Å². The van der Waals surface area contributed by atoms with Gasteiger partial charge in [-0.2, -0.15) is 5.10 Å². The number of nitrogens with zero attached hydrogens (tertiary/aromatic N) is 2. The minimum atomic E-state index is -0.754. The van der Waals surface area contributed by atoms with Crippen LogP contribution >= 0.6 is 0 Å². The molecule has 0 saturated carbocycles. The van der Waals surface area contributed by atoms with Crippen LogP contribution in [-0.2, 0) is 0 Å². The number of aliphatic hydroxyl groups is 1. The number of aryl methyl sites for hydroxylation is 1. The van der Waals surface area contributed by atoms with E-state index in [4.69, 9.17) is 4.42 Å². The van der Waals surface area contributed by atoms with E-state index < -0.39 is 17.4 Å². The second kappa shape index (κ2) is 7.14. The maximum Gasteiger partial charge on any atom is 0.276 e. The van der Waals surface area contributed by atoms with E-state index in [-0.39, 0.29) is 12.3 Å². The van der Waals surface area contributed by atoms with Gasteiger partial charge in [0, 0.05) is 11.8 Å². The third-order valence-corrected chi connectivity index (χ3v) is 3.70. The number of aliphatic hydroxyl groups excluding tert-OH is 1. The second-order valence-corrected chi connectivity index (χ2v) is 5.47. The molecule has 1 aromatic carbocycles. The number of rotatable bonds is 5. The largest absolute Gasteiger partial charge is 0.467 e.